The fraction of sp³-hybridized carbons (Fsp3) is 0.324. The Labute approximate surface area is 277 Å². The first kappa shape index (κ1) is 35.0. The van der Waals surface area contributed by atoms with Crippen molar-refractivity contribution in [3.8, 4) is 0 Å². The smallest absolute Gasteiger partial charge is 0.274 e. The van der Waals surface area contributed by atoms with Crippen molar-refractivity contribution >= 4 is 51.5 Å². The molecule has 0 bridgehead atoms. The SMILES string of the molecule is CC(C)CCc1sc(NC(=O)c2cc(NC(=O)c3ccc(NC(=O)c4ccc(F)cc4)cc3)cn2C)nc1C(=O)NCCCN(C)C. The van der Waals surface area contributed by atoms with E-state index >= 15 is 0 Å². The molecule has 0 spiro atoms. The first-order valence-electron chi connectivity index (χ1n) is 15.3. The van der Waals surface area contributed by atoms with E-state index < -0.39 is 23.5 Å². The van der Waals surface area contributed by atoms with Crippen LogP contribution < -0.4 is 21.3 Å². The van der Waals surface area contributed by atoms with Crippen molar-refractivity contribution in [3.05, 3.63) is 94.0 Å². The minimum Gasteiger partial charge on any atom is -0.351 e. The Morgan fingerprint density at radius 1 is 0.872 bits per heavy atom. The van der Waals surface area contributed by atoms with Gasteiger partial charge < -0.3 is 25.4 Å². The van der Waals surface area contributed by atoms with Gasteiger partial charge in [0.2, 0.25) is 0 Å². The van der Waals surface area contributed by atoms with E-state index in [9.17, 15) is 23.6 Å². The molecule has 248 valence electrons. The molecule has 4 amide bonds. The molecule has 0 aliphatic rings. The Morgan fingerprint density at radius 2 is 1.49 bits per heavy atom. The van der Waals surface area contributed by atoms with E-state index in [4.69, 9.17) is 0 Å². The van der Waals surface area contributed by atoms with Crippen LogP contribution in [0.3, 0.4) is 0 Å². The zero-order valence-electron chi connectivity index (χ0n) is 27.1. The van der Waals surface area contributed by atoms with Crippen LogP contribution in [0.5, 0.6) is 0 Å². The minimum atomic E-state index is -0.435. The standard InChI is InChI=1S/C34H40FN7O4S/c1-21(2)7-16-28-29(33(46)36-17-6-18-41(3)4)39-34(47-28)40-32(45)27-19-26(20-42(27)5)38-31(44)23-10-14-25(15-11-23)37-30(43)22-8-12-24(35)13-9-22/h8-15,19-21H,6-7,16-18H2,1-5H3,(H,36,46)(H,37,43)(H,38,44)(H,39,40,45). The largest absolute Gasteiger partial charge is 0.351 e. The summed E-state index contributed by atoms with van der Waals surface area (Å²) in [4.78, 5) is 58.9. The molecule has 0 fully saturated rings. The van der Waals surface area contributed by atoms with E-state index in [0.29, 0.717) is 52.2 Å². The number of halogens is 1. The molecule has 0 saturated carbocycles. The highest BCUT2D eigenvalue weighted by Gasteiger charge is 2.21. The number of hydrogen-bond acceptors (Lipinski definition) is 7. The maximum atomic E-state index is 13.2. The van der Waals surface area contributed by atoms with Gasteiger partial charge in [0.15, 0.2) is 5.13 Å². The summed E-state index contributed by atoms with van der Waals surface area (Å²) in [5.41, 5.74) is 2.13. The number of aromatic nitrogens is 2. The van der Waals surface area contributed by atoms with Gasteiger partial charge in [-0.1, -0.05) is 13.8 Å². The van der Waals surface area contributed by atoms with E-state index in [-0.39, 0.29) is 11.6 Å². The summed E-state index contributed by atoms with van der Waals surface area (Å²) in [6.45, 7) is 5.60. The number of carbonyl (C=O) groups excluding carboxylic acids is 4. The van der Waals surface area contributed by atoms with Crippen molar-refractivity contribution in [1.29, 1.82) is 0 Å². The zero-order chi connectivity index (χ0) is 34.1. The van der Waals surface area contributed by atoms with Crippen LogP contribution in [0.15, 0.2) is 60.8 Å². The van der Waals surface area contributed by atoms with Crippen molar-refractivity contribution in [1.82, 2.24) is 19.8 Å². The first-order valence-corrected chi connectivity index (χ1v) is 16.1. The van der Waals surface area contributed by atoms with Crippen molar-refractivity contribution in [2.24, 2.45) is 13.0 Å². The molecular formula is C34H40FN7O4S. The average molecular weight is 662 g/mol. The van der Waals surface area contributed by atoms with Gasteiger partial charge in [-0.2, -0.15) is 0 Å². The summed E-state index contributed by atoms with van der Waals surface area (Å²) < 4.78 is 14.7. The van der Waals surface area contributed by atoms with Gasteiger partial charge in [0, 0.05) is 41.5 Å². The lowest BCUT2D eigenvalue weighted by molar-refractivity contribution is 0.0944. The van der Waals surface area contributed by atoms with Crippen LogP contribution in [0.4, 0.5) is 20.9 Å². The number of nitrogens with zero attached hydrogens (tertiary/aromatic N) is 3. The van der Waals surface area contributed by atoms with Gasteiger partial charge in [-0.25, -0.2) is 9.37 Å². The Bertz CT molecular complexity index is 1710. The molecule has 4 rings (SSSR count). The lowest BCUT2D eigenvalue weighted by Crippen LogP contribution is -2.28. The molecule has 4 N–H and O–H groups in total. The van der Waals surface area contributed by atoms with Crippen LogP contribution in [-0.4, -0.2) is 65.3 Å². The van der Waals surface area contributed by atoms with E-state index in [2.05, 4.69) is 45.0 Å². The number of anilines is 3. The van der Waals surface area contributed by atoms with E-state index in [1.807, 2.05) is 14.1 Å². The van der Waals surface area contributed by atoms with Gasteiger partial charge in [0.1, 0.15) is 17.2 Å². The van der Waals surface area contributed by atoms with E-state index in [1.54, 1.807) is 48.1 Å². The molecule has 0 saturated heterocycles. The topological polar surface area (TPSA) is 137 Å². The first-order chi connectivity index (χ1) is 22.4. The van der Waals surface area contributed by atoms with Crippen molar-refractivity contribution in [3.63, 3.8) is 0 Å². The van der Waals surface area contributed by atoms with Crippen LogP contribution in [0.2, 0.25) is 0 Å². The molecule has 13 heteroatoms. The quantitative estimate of drug-likeness (QED) is 0.129. The predicted molar refractivity (Wildman–Crippen MR) is 183 cm³/mol. The van der Waals surface area contributed by atoms with Crippen LogP contribution in [0, 0.1) is 11.7 Å². The molecular weight excluding hydrogens is 621 g/mol. The van der Waals surface area contributed by atoms with Crippen LogP contribution >= 0.6 is 11.3 Å². The van der Waals surface area contributed by atoms with E-state index in [0.717, 1.165) is 24.3 Å². The lowest BCUT2D eigenvalue weighted by Gasteiger charge is -2.10. The Morgan fingerprint density at radius 3 is 2.11 bits per heavy atom. The molecule has 2 aromatic heterocycles. The van der Waals surface area contributed by atoms with Crippen molar-refractivity contribution in [2.45, 2.75) is 33.1 Å². The number of amides is 4. The average Bonchev–Trinajstić information content (AvgIpc) is 3.61. The van der Waals surface area contributed by atoms with Gasteiger partial charge in [0.05, 0.1) is 5.69 Å². The minimum absolute atomic E-state index is 0.258. The summed E-state index contributed by atoms with van der Waals surface area (Å²) in [6.07, 6.45) is 3.98. The molecule has 2 aromatic carbocycles. The number of benzene rings is 2. The Kier molecular flexibility index (Phi) is 12.0. The van der Waals surface area contributed by atoms with Crippen LogP contribution in [0.25, 0.3) is 0 Å². The number of thiazole rings is 1. The van der Waals surface area contributed by atoms with Gasteiger partial charge in [-0.05, 0) is 100 Å². The molecule has 0 atom stereocenters. The van der Waals surface area contributed by atoms with Gasteiger partial charge in [-0.15, -0.1) is 11.3 Å². The highest BCUT2D eigenvalue weighted by molar-refractivity contribution is 7.16. The molecule has 0 aliphatic carbocycles. The molecule has 2 heterocycles. The van der Waals surface area contributed by atoms with Crippen LogP contribution in [0.1, 0.15) is 73.3 Å². The number of nitrogens with one attached hydrogen (secondary N) is 4. The number of aryl methyl sites for hydroxylation is 2. The number of rotatable bonds is 14. The maximum absolute atomic E-state index is 13.2. The number of hydrogen-bond donors (Lipinski definition) is 4. The summed E-state index contributed by atoms with van der Waals surface area (Å²) in [5.74, 6) is -1.50. The van der Waals surface area contributed by atoms with Crippen molar-refractivity contribution in [2.75, 3.05) is 43.1 Å². The predicted octanol–water partition coefficient (Wildman–Crippen LogP) is 5.65. The fourth-order valence-corrected chi connectivity index (χ4v) is 5.55. The highest BCUT2D eigenvalue weighted by Crippen LogP contribution is 2.27. The number of carbonyl (C=O) groups is 4. The summed E-state index contributed by atoms with van der Waals surface area (Å²) in [5, 5.41) is 11.6. The third-order valence-electron chi connectivity index (χ3n) is 7.16. The summed E-state index contributed by atoms with van der Waals surface area (Å²) in [7, 11) is 5.64. The van der Waals surface area contributed by atoms with Crippen molar-refractivity contribution < 1.29 is 23.6 Å². The molecule has 11 nitrogen and oxygen atoms in total. The Balaban J connectivity index is 1.38. The fourth-order valence-electron chi connectivity index (χ4n) is 4.59. The molecule has 0 unspecified atom stereocenters. The normalized spacial score (nSPS) is 11.1. The molecule has 47 heavy (non-hydrogen) atoms. The Hall–Kier alpha value is -4.88. The molecule has 0 radical (unpaired) electrons. The lowest BCUT2D eigenvalue weighted by atomic mass is 10.1. The second kappa shape index (κ2) is 16.1. The summed E-state index contributed by atoms with van der Waals surface area (Å²) >= 11 is 1.29. The van der Waals surface area contributed by atoms with Gasteiger partial charge >= 0.3 is 0 Å². The second-order valence-corrected chi connectivity index (χ2v) is 12.9. The van der Waals surface area contributed by atoms with E-state index in [1.165, 1.54) is 35.6 Å². The second-order valence-electron chi connectivity index (χ2n) is 11.8. The zero-order valence-corrected chi connectivity index (χ0v) is 28.0. The van der Waals surface area contributed by atoms with Crippen LogP contribution in [-0.2, 0) is 13.5 Å². The summed E-state index contributed by atoms with van der Waals surface area (Å²) in [6, 6.07) is 13.0. The monoisotopic (exact) mass is 661 g/mol. The molecule has 4 aromatic rings. The molecule has 0 aliphatic heterocycles. The third-order valence-corrected chi connectivity index (χ3v) is 8.19. The van der Waals surface area contributed by atoms with Gasteiger partial charge in [0.25, 0.3) is 23.6 Å². The highest BCUT2D eigenvalue weighted by atomic mass is 32.1. The van der Waals surface area contributed by atoms with Gasteiger partial charge in [-0.3, -0.25) is 24.5 Å². The third kappa shape index (κ3) is 10.1. The maximum Gasteiger partial charge on any atom is 0.274 e.